The number of fused-ring (bicyclic) bond motifs is 3. The van der Waals surface area contributed by atoms with E-state index in [0.717, 1.165) is 44.2 Å². The topological polar surface area (TPSA) is 42.6 Å². The summed E-state index contributed by atoms with van der Waals surface area (Å²) < 4.78 is 0. The number of aromatic amines is 1. The molecule has 2 aromatic carbocycles. The fourth-order valence-corrected chi connectivity index (χ4v) is 5.21. The van der Waals surface area contributed by atoms with Crippen LogP contribution < -0.4 is 4.90 Å². The molecule has 1 fully saturated rings. The van der Waals surface area contributed by atoms with Gasteiger partial charge in [0.15, 0.2) is 0 Å². The van der Waals surface area contributed by atoms with Crippen molar-refractivity contribution in [3.8, 4) is 0 Å². The molecule has 1 aromatic heterocycles. The zero-order chi connectivity index (χ0) is 21.5. The largest absolute Gasteiger partial charge is 0.369 e. The first-order valence-corrected chi connectivity index (χ1v) is 11.5. The lowest BCUT2D eigenvalue weighted by molar-refractivity contribution is -0.137. The van der Waals surface area contributed by atoms with E-state index in [1.54, 1.807) is 0 Å². The van der Waals surface area contributed by atoms with Crippen molar-refractivity contribution in [2.24, 2.45) is 0 Å². The van der Waals surface area contributed by atoms with Crippen LogP contribution >= 0.6 is 11.6 Å². The summed E-state index contributed by atoms with van der Waals surface area (Å²) in [4.78, 5) is 23.6. The number of nitrogens with zero attached hydrogens (tertiary/aromatic N) is 3. The second-order valence-electron chi connectivity index (χ2n) is 8.77. The number of aryl methyl sites for hydroxylation is 1. The van der Waals surface area contributed by atoms with Crippen molar-refractivity contribution in [3.05, 3.63) is 64.3 Å². The van der Waals surface area contributed by atoms with Gasteiger partial charge in [-0.25, -0.2) is 0 Å². The first-order valence-electron chi connectivity index (χ1n) is 11.1. The molecule has 31 heavy (non-hydrogen) atoms. The van der Waals surface area contributed by atoms with Gasteiger partial charge in [0.2, 0.25) is 5.91 Å². The molecule has 2 aliphatic heterocycles. The predicted molar refractivity (Wildman–Crippen MR) is 127 cm³/mol. The Morgan fingerprint density at radius 3 is 2.65 bits per heavy atom. The molecule has 1 N–H and O–H groups in total. The zero-order valence-corrected chi connectivity index (χ0v) is 19.0. The minimum atomic E-state index is -0.102. The highest BCUT2D eigenvalue weighted by molar-refractivity contribution is 6.30. The van der Waals surface area contributed by atoms with Gasteiger partial charge in [-0.15, -0.1) is 0 Å². The Bertz CT molecular complexity index is 1120. The number of carbonyl (C=O) groups excluding carboxylic acids is 1. The van der Waals surface area contributed by atoms with E-state index in [2.05, 4.69) is 59.0 Å². The Morgan fingerprint density at radius 2 is 1.84 bits per heavy atom. The summed E-state index contributed by atoms with van der Waals surface area (Å²) >= 11 is 6.22. The van der Waals surface area contributed by atoms with E-state index in [9.17, 15) is 4.79 Å². The van der Waals surface area contributed by atoms with Crippen LogP contribution in [0.3, 0.4) is 0 Å². The van der Waals surface area contributed by atoms with Crippen LogP contribution in [0.4, 0.5) is 5.69 Å². The molecule has 1 amide bonds. The van der Waals surface area contributed by atoms with Crippen molar-refractivity contribution in [1.82, 2.24) is 14.8 Å². The van der Waals surface area contributed by atoms with Gasteiger partial charge in [-0.2, -0.15) is 0 Å². The summed E-state index contributed by atoms with van der Waals surface area (Å²) in [5.74, 6) is 0.239. The van der Waals surface area contributed by atoms with Gasteiger partial charge >= 0.3 is 0 Å². The maximum atomic E-state index is 13.4. The molecule has 1 saturated heterocycles. The average molecular weight is 437 g/mol. The molecule has 1 atom stereocenters. The van der Waals surface area contributed by atoms with E-state index in [1.165, 1.54) is 33.4 Å². The Morgan fingerprint density at radius 1 is 1.06 bits per heavy atom. The van der Waals surface area contributed by atoms with E-state index < -0.39 is 0 Å². The number of H-pyrrole nitrogens is 1. The van der Waals surface area contributed by atoms with Gasteiger partial charge in [-0.05, 0) is 37.6 Å². The molecule has 0 aliphatic carbocycles. The third-order valence-corrected chi connectivity index (χ3v) is 7.16. The lowest BCUT2D eigenvalue weighted by atomic mass is 10.0. The third kappa shape index (κ3) is 3.81. The monoisotopic (exact) mass is 436 g/mol. The number of hydrogen-bond donors (Lipinski definition) is 1. The number of amides is 1. The summed E-state index contributed by atoms with van der Waals surface area (Å²) in [6, 6.07) is 14.4. The molecule has 3 heterocycles. The molecule has 1 unspecified atom stereocenters. The molecule has 0 bridgehead atoms. The molecule has 6 heteroatoms. The van der Waals surface area contributed by atoms with Crippen molar-refractivity contribution < 1.29 is 4.79 Å². The van der Waals surface area contributed by atoms with Crippen LogP contribution in [0.5, 0.6) is 0 Å². The Hall–Kier alpha value is -2.50. The van der Waals surface area contributed by atoms with E-state index in [4.69, 9.17) is 11.6 Å². The van der Waals surface area contributed by atoms with Crippen LogP contribution in [-0.4, -0.2) is 59.5 Å². The highest BCUT2D eigenvalue weighted by Crippen LogP contribution is 2.29. The molecular weight excluding hydrogens is 408 g/mol. The lowest BCUT2D eigenvalue weighted by Gasteiger charge is -2.40. The molecule has 0 saturated carbocycles. The Labute approximate surface area is 188 Å². The summed E-state index contributed by atoms with van der Waals surface area (Å²) in [5.41, 5.74) is 6.17. The van der Waals surface area contributed by atoms with E-state index in [1.807, 2.05) is 17.0 Å². The van der Waals surface area contributed by atoms with Gasteiger partial charge < -0.3 is 14.8 Å². The number of hydrogen-bond acceptors (Lipinski definition) is 3. The van der Waals surface area contributed by atoms with Gasteiger partial charge in [-0.1, -0.05) is 35.9 Å². The van der Waals surface area contributed by atoms with Crippen molar-refractivity contribution in [1.29, 1.82) is 0 Å². The molecule has 2 aliphatic rings. The van der Waals surface area contributed by atoms with Crippen LogP contribution in [0.15, 0.2) is 42.5 Å². The van der Waals surface area contributed by atoms with Crippen molar-refractivity contribution in [2.45, 2.75) is 32.9 Å². The predicted octanol–water partition coefficient (Wildman–Crippen LogP) is 4.23. The van der Waals surface area contributed by atoms with Crippen LogP contribution in [0, 0.1) is 6.92 Å². The fourth-order valence-electron chi connectivity index (χ4n) is 5.05. The number of benzene rings is 2. The smallest absolute Gasteiger partial charge is 0.239 e. The van der Waals surface area contributed by atoms with Crippen LogP contribution in [0.1, 0.15) is 23.7 Å². The quantitative estimate of drug-likeness (QED) is 0.668. The molecule has 162 valence electrons. The minimum Gasteiger partial charge on any atom is -0.369 e. The highest BCUT2D eigenvalue weighted by Gasteiger charge is 2.31. The van der Waals surface area contributed by atoms with Gasteiger partial charge in [0, 0.05) is 78.6 Å². The summed E-state index contributed by atoms with van der Waals surface area (Å²) in [7, 11) is 0. The van der Waals surface area contributed by atoms with Gasteiger partial charge in [0.1, 0.15) is 0 Å². The normalized spacial score (nSPS) is 18.3. The molecular formula is C25H29ClN4O. The number of carbonyl (C=O) groups is 1. The van der Waals surface area contributed by atoms with E-state index in [0.29, 0.717) is 6.54 Å². The van der Waals surface area contributed by atoms with Crippen LogP contribution in [0.2, 0.25) is 5.02 Å². The van der Waals surface area contributed by atoms with Crippen molar-refractivity contribution in [2.75, 3.05) is 37.6 Å². The third-order valence-electron chi connectivity index (χ3n) is 6.93. The average Bonchev–Trinajstić information content (AvgIpc) is 3.18. The number of nitrogens with one attached hydrogen (secondary N) is 1. The van der Waals surface area contributed by atoms with Gasteiger partial charge in [-0.3, -0.25) is 9.69 Å². The van der Waals surface area contributed by atoms with Crippen LogP contribution in [-0.2, 0) is 17.8 Å². The van der Waals surface area contributed by atoms with Crippen molar-refractivity contribution in [3.63, 3.8) is 0 Å². The number of rotatable bonds is 3. The highest BCUT2D eigenvalue weighted by atomic mass is 35.5. The molecule has 0 radical (unpaired) electrons. The number of aromatic nitrogens is 1. The second kappa shape index (κ2) is 8.21. The zero-order valence-electron chi connectivity index (χ0n) is 18.2. The van der Waals surface area contributed by atoms with E-state index >= 15 is 0 Å². The SMILES string of the molecule is Cc1ccc(Cl)cc1N1CCN(C(C)C(=O)N2CCc3[nH]c4ccccc4c3C2)CC1. The van der Waals surface area contributed by atoms with Crippen LogP contribution in [0.25, 0.3) is 10.9 Å². The lowest BCUT2D eigenvalue weighted by Crippen LogP contribution is -2.55. The first-order chi connectivity index (χ1) is 15.0. The summed E-state index contributed by atoms with van der Waals surface area (Å²) in [5, 5.41) is 2.02. The maximum Gasteiger partial charge on any atom is 0.239 e. The fraction of sp³-hybridized carbons (Fsp3) is 0.400. The number of piperazine rings is 1. The number of para-hydroxylation sites is 1. The maximum absolute atomic E-state index is 13.4. The number of halogens is 1. The Kier molecular flexibility index (Phi) is 5.40. The molecule has 0 spiro atoms. The number of anilines is 1. The molecule has 5 rings (SSSR count). The van der Waals surface area contributed by atoms with Gasteiger partial charge in [0.25, 0.3) is 0 Å². The minimum absolute atomic E-state index is 0.102. The molecule has 3 aromatic rings. The first kappa shape index (κ1) is 20.4. The molecule has 5 nitrogen and oxygen atoms in total. The van der Waals surface area contributed by atoms with Gasteiger partial charge in [0.05, 0.1) is 6.04 Å². The summed E-state index contributed by atoms with van der Waals surface area (Å²) in [6.07, 6.45) is 0.893. The second-order valence-corrected chi connectivity index (χ2v) is 9.20. The van der Waals surface area contributed by atoms with Crippen molar-refractivity contribution >= 4 is 34.1 Å². The standard InChI is InChI=1S/C25H29ClN4O/c1-17-7-8-19(26)15-24(17)29-13-11-28(12-14-29)18(2)25(31)30-10-9-23-21(16-30)20-5-3-4-6-22(20)27-23/h3-8,15,18,27H,9-14,16H2,1-2H3. The summed E-state index contributed by atoms with van der Waals surface area (Å²) in [6.45, 7) is 9.24. The Balaban J connectivity index is 1.24. The van der Waals surface area contributed by atoms with E-state index in [-0.39, 0.29) is 11.9 Å².